The van der Waals surface area contributed by atoms with Crippen LogP contribution >= 0.6 is 0 Å². The second kappa shape index (κ2) is 7.69. The van der Waals surface area contributed by atoms with Gasteiger partial charge in [-0.2, -0.15) is 18.2 Å². The molecule has 0 radical (unpaired) electrons. The minimum atomic E-state index is -4.41. The van der Waals surface area contributed by atoms with Gasteiger partial charge in [-0.05, 0) is 24.1 Å². The second-order valence-electron chi connectivity index (χ2n) is 5.93. The van der Waals surface area contributed by atoms with Gasteiger partial charge in [0.1, 0.15) is 5.82 Å². The van der Waals surface area contributed by atoms with Gasteiger partial charge in [0.2, 0.25) is 5.95 Å². The molecule has 0 bridgehead atoms. The highest BCUT2D eigenvalue weighted by molar-refractivity contribution is 5.75. The third-order valence-electron chi connectivity index (χ3n) is 4.00. The number of nitrogen functional groups attached to an aromatic ring is 1. The molecule has 1 aromatic heterocycles. The molecule has 0 unspecified atom stereocenters. The van der Waals surface area contributed by atoms with Crippen molar-refractivity contribution >= 4 is 18.0 Å². The predicted molar refractivity (Wildman–Crippen MR) is 94.9 cm³/mol. The molecule has 2 aromatic rings. The van der Waals surface area contributed by atoms with Crippen molar-refractivity contribution in [3.05, 3.63) is 36.0 Å². The van der Waals surface area contributed by atoms with E-state index in [4.69, 9.17) is 5.73 Å². The Morgan fingerprint density at radius 2 is 2.12 bits per heavy atom. The molecular formula is C17H19F3N6. The van der Waals surface area contributed by atoms with Crippen molar-refractivity contribution in [3.8, 4) is 11.1 Å². The summed E-state index contributed by atoms with van der Waals surface area (Å²) in [4.78, 5) is 14.4. The van der Waals surface area contributed by atoms with Crippen molar-refractivity contribution < 1.29 is 13.2 Å². The minimum Gasteiger partial charge on any atom is -0.369 e. The molecule has 1 aromatic carbocycles. The van der Waals surface area contributed by atoms with Crippen LogP contribution in [0.15, 0.2) is 35.5 Å². The van der Waals surface area contributed by atoms with Crippen LogP contribution in [0.5, 0.6) is 0 Å². The fourth-order valence-corrected chi connectivity index (χ4v) is 2.68. The van der Waals surface area contributed by atoms with E-state index in [1.165, 1.54) is 12.3 Å². The van der Waals surface area contributed by atoms with Crippen LogP contribution in [0.3, 0.4) is 0 Å². The zero-order valence-corrected chi connectivity index (χ0v) is 14.0. The monoisotopic (exact) mass is 364 g/mol. The maximum Gasteiger partial charge on any atom is 0.416 e. The van der Waals surface area contributed by atoms with E-state index < -0.39 is 11.7 Å². The smallest absolute Gasteiger partial charge is 0.369 e. The number of nitrogens with two attached hydrogens (primary N) is 1. The number of hydrogen-bond acceptors (Lipinski definition) is 6. The molecule has 3 rings (SSSR count). The lowest BCUT2D eigenvalue weighted by Crippen LogP contribution is -2.23. The number of nitrogens with zero attached hydrogens (tertiary/aromatic N) is 4. The summed E-state index contributed by atoms with van der Waals surface area (Å²) in [6, 6.07) is 5.08. The molecule has 0 atom stereocenters. The van der Waals surface area contributed by atoms with Gasteiger partial charge in [-0.3, -0.25) is 9.89 Å². The van der Waals surface area contributed by atoms with Crippen LogP contribution in [0.4, 0.5) is 24.9 Å². The number of nitrogens with one attached hydrogen (secondary N) is 1. The quantitative estimate of drug-likeness (QED) is 0.771. The first-order chi connectivity index (χ1) is 12.4. The van der Waals surface area contributed by atoms with E-state index in [0.29, 0.717) is 30.2 Å². The fraction of sp³-hybridized carbons (Fsp3) is 0.353. The standard InChI is InChI=1S/C17H19F3N6/c18-17(19,20)13-4-1-3-12(9-13)14-10-24-16(21)25-15(14)23-5-2-7-26-8-6-22-11-26/h1,3-4,6,9-10H,2,5,7-8,11H2,(H3,21,23,24,25). The highest BCUT2D eigenvalue weighted by Gasteiger charge is 2.30. The van der Waals surface area contributed by atoms with Crippen LogP contribution in [0.25, 0.3) is 11.1 Å². The summed E-state index contributed by atoms with van der Waals surface area (Å²) in [6.07, 6.45) is -0.246. The lowest BCUT2D eigenvalue weighted by atomic mass is 10.0. The first-order valence-corrected chi connectivity index (χ1v) is 8.18. The average Bonchev–Trinajstić information content (AvgIpc) is 3.12. The Kier molecular flexibility index (Phi) is 5.36. The van der Waals surface area contributed by atoms with Crippen molar-refractivity contribution in [1.29, 1.82) is 0 Å². The molecule has 138 valence electrons. The summed E-state index contributed by atoms with van der Waals surface area (Å²) in [5.41, 5.74) is 5.79. The van der Waals surface area contributed by atoms with E-state index in [9.17, 15) is 13.2 Å². The zero-order chi connectivity index (χ0) is 18.6. The summed E-state index contributed by atoms with van der Waals surface area (Å²) >= 11 is 0. The van der Waals surface area contributed by atoms with Crippen molar-refractivity contribution in [3.63, 3.8) is 0 Å². The molecule has 1 aliphatic heterocycles. The number of alkyl halides is 3. The summed E-state index contributed by atoms with van der Waals surface area (Å²) in [5, 5.41) is 3.15. The third-order valence-corrected chi connectivity index (χ3v) is 4.00. The van der Waals surface area contributed by atoms with Crippen LogP contribution in [-0.4, -0.2) is 47.4 Å². The Morgan fingerprint density at radius 1 is 1.27 bits per heavy atom. The van der Waals surface area contributed by atoms with Gasteiger partial charge in [0, 0.05) is 37.6 Å². The van der Waals surface area contributed by atoms with Gasteiger partial charge in [-0.1, -0.05) is 12.1 Å². The van der Waals surface area contributed by atoms with Crippen LogP contribution in [0.2, 0.25) is 0 Å². The van der Waals surface area contributed by atoms with Gasteiger partial charge in [-0.15, -0.1) is 0 Å². The van der Waals surface area contributed by atoms with E-state index in [0.717, 1.165) is 31.6 Å². The van der Waals surface area contributed by atoms with Crippen LogP contribution in [0, 0.1) is 0 Å². The second-order valence-corrected chi connectivity index (χ2v) is 5.93. The van der Waals surface area contributed by atoms with E-state index in [1.54, 1.807) is 6.07 Å². The highest BCUT2D eigenvalue weighted by Crippen LogP contribution is 2.33. The molecular weight excluding hydrogens is 345 g/mol. The first-order valence-electron chi connectivity index (χ1n) is 8.18. The normalized spacial score (nSPS) is 14.7. The summed E-state index contributed by atoms with van der Waals surface area (Å²) in [6.45, 7) is 3.03. The zero-order valence-electron chi connectivity index (χ0n) is 14.0. The van der Waals surface area contributed by atoms with Crippen LogP contribution in [-0.2, 0) is 6.18 Å². The molecule has 0 fully saturated rings. The molecule has 2 heterocycles. The largest absolute Gasteiger partial charge is 0.416 e. The van der Waals surface area contributed by atoms with Crippen LogP contribution in [0.1, 0.15) is 12.0 Å². The van der Waals surface area contributed by atoms with E-state index >= 15 is 0 Å². The highest BCUT2D eigenvalue weighted by atomic mass is 19.4. The maximum absolute atomic E-state index is 13.0. The molecule has 9 heteroatoms. The van der Waals surface area contributed by atoms with E-state index in [1.807, 2.05) is 6.21 Å². The molecule has 0 saturated carbocycles. The number of anilines is 2. The van der Waals surface area contributed by atoms with Crippen molar-refractivity contribution in [2.75, 3.05) is 37.4 Å². The molecule has 0 aliphatic carbocycles. The molecule has 0 spiro atoms. The van der Waals surface area contributed by atoms with Gasteiger partial charge in [0.05, 0.1) is 12.2 Å². The molecule has 6 nitrogen and oxygen atoms in total. The Labute approximate surface area is 149 Å². The Balaban J connectivity index is 1.73. The van der Waals surface area contributed by atoms with Gasteiger partial charge in [0.15, 0.2) is 0 Å². The number of hydrogen-bond donors (Lipinski definition) is 2. The molecule has 1 aliphatic rings. The summed E-state index contributed by atoms with van der Waals surface area (Å²) in [5.74, 6) is 0.491. The molecule has 3 N–H and O–H groups in total. The SMILES string of the molecule is Nc1ncc(-c2cccc(C(F)(F)F)c2)c(NCCCN2CC=NC2)n1. The van der Waals surface area contributed by atoms with E-state index in [2.05, 4.69) is 25.2 Å². The lowest BCUT2D eigenvalue weighted by molar-refractivity contribution is -0.137. The van der Waals surface area contributed by atoms with Gasteiger partial charge < -0.3 is 11.1 Å². The lowest BCUT2D eigenvalue weighted by Gasteiger charge is -2.15. The molecule has 0 saturated heterocycles. The molecule has 26 heavy (non-hydrogen) atoms. The average molecular weight is 364 g/mol. The van der Waals surface area contributed by atoms with Gasteiger partial charge >= 0.3 is 6.18 Å². The van der Waals surface area contributed by atoms with Gasteiger partial charge in [-0.25, -0.2) is 4.98 Å². The molecule has 0 amide bonds. The number of aliphatic imine (C=N–C) groups is 1. The number of benzene rings is 1. The summed E-state index contributed by atoms with van der Waals surface area (Å²) in [7, 11) is 0. The number of aromatic nitrogens is 2. The fourth-order valence-electron chi connectivity index (χ4n) is 2.68. The van der Waals surface area contributed by atoms with Crippen molar-refractivity contribution in [2.24, 2.45) is 4.99 Å². The maximum atomic E-state index is 13.0. The topological polar surface area (TPSA) is 79.4 Å². The van der Waals surface area contributed by atoms with Crippen LogP contribution < -0.4 is 11.1 Å². The first kappa shape index (κ1) is 18.1. The number of halogens is 3. The van der Waals surface area contributed by atoms with Gasteiger partial charge in [0.25, 0.3) is 0 Å². The Morgan fingerprint density at radius 3 is 2.85 bits per heavy atom. The number of rotatable bonds is 6. The minimum absolute atomic E-state index is 0.0659. The van der Waals surface area contributed by atoms with Crippen molar-refractivity contribution in [2.45, 2.75) is 12.6 Å². The predicted octanol–water partition coefficient (Wildman–Crippen LogP) is 2.89. The Bertz CT molecular complexity index is 782. The summed E-state index contributed by atoms with van der Waals surface area (Å²) < 4.78 is 38.9. The Hall–Kier alpha value is -2.68. The van der Waals surface area contributed by atoms with Crippen molar-refractivity contribution in [1.82, 2.24) is 14.9 Å². The third kappa shape index (κ3) is 4.48. The van der Waals surface area contributed by atoms with E-state index in [-0.39, 0.29) is 5.95 Å².